The van der Waals surface area contributed by atoms with Crippen molar-refractivity contribution in [1.29, 1.82) is 0 Å². The predicted octanol–water partition coefficient (Wildman–Crippen LogP) is 6.32. The highest BCUT2D eigenvalue weighted by Gasteiger charge is 2.00. The molecule has 0 heterocycles. The summed E-state index contributed by atoms with van der Waals surface area (Å²) in [5.74, 6) is 0. The van der Waals surface area contributed by atoms with E-state index in [1.807, 2.05) is 0 Å². The Morgan fingerprint density at radius 2 is 1.58 bits per heavy atom. The Hall–Kier alpha value is -1.04. The van der Waals surface area contributed by atoms with Crippen molar-refractivity contribution >= 4 is 0 Å². The molecular weight excluding hydrogens is 228 g/mol. The zero-order chi connectivity index (χ0) is 13.8. The summed E-state index contributed by atoms with van der Waals surface area (Å²) in [6.45, 7) is 4.55. The standard InChI is InChI=1S/C19H30/c1-3-5-7-10-14-18(13-9-6-4-2)17-19-15-11-8-12-16-19/h8,11-12,14-16H,3-7,9-10,13,17H2,1-2H3/b18-14+. The minimum absolute atomic E-state index is 1.15. The van der Waals surface area contributed by atoms with E-state index in [-0.39, 0.29) is 0 Å². The van der Waals surface area contributed by atoms with E-state index in [2.05, 4.69) is 50.3 Å². The normalized spacial score (nSPS) is 11.8. The predicted molar refractivity (Wildman–Crippen MR) is 86.5 cm³/mol. The maximum Gasteiger partial charge on any atom is -0.00671 e. The first kappa shape index (κ1) is 16.0. The van der Waals surface area contributed by atoms with Crippen molar-refractivity contribution in [2.24, 2.45) is 0 Å². The van der Waals surface area contributed by atoms with Gasteiger partial charge in [-0.15, -0.1) is 0 Å². The van der Waals surface area contributed by atoms with Crippen molar-refractivity contribution < 1.29 is 0 Å². The summed E-state index contributed by atoms with van der Waals surface area (Å²) in [6, 6.07) is 10.9. The molecule has 0 N–H and O–H groups in total. The van der Waals surface area contributed by atoms with Gasteiger partial charge < -0.3 is 0 Å². The van der Waals surface area contributed by atoms with Gasteiger partial charge >= 0.3 is 0 Å². The van der Waals surface area contributed by atoms with Gasteiger partial charge in [-0.2, -0.15) is 0 Å². The molecule has 1 aromatic carbocycles. The lowest BCUT2D eigenvalue weighted by Gasteiger charge is -2.08. The third kappa shape index (κ3) is 7.87. The quantitative estimate of drug-likeness (QED) is 0.340. The van der Waals surface area contributed by atoms with Crippen LogP contribution in [0.5, 0.6) is 0 Å². The molecule has 0 saturated heterocycles. The number of hydrogen-bond acceptors (Lipinski definition) is 0. The molecule has 0 bridgehead atoms. The van der Waals surface area contributed by atoms with E-state index >= 15 is 0 Å². The van der Waals surface area contributed by atoms with E-state index in [4.69, 9.17) is 0 Å². The Bertz CT molecular complexity index is 334. The molecule has 0 fully saturated rings. The van der Waals surface area contributed by atoms with Crippen LogP contribution in [0.1, 0.15) is 70.8 Å². The fraction of sp³-hybridized carbons (Fsp3) is 0.579. The highest BCUT2D eigenvalue weighted by molar-refractivity contribution is 5.21. The molecular formula is C19H30. The highest BCUT2D eigenvalue weighted by Crippen LogP contribution is 2.17. The molecule has 0 aliphatic carbocycles. The zero-order valence-electron chi connectivity index (χ0n) is 12.8. The molecule has 1 rings (SSSR count). The van der Waals surface area contributed by atoms with Gasteiger partial charge in [-0.1, -0.05) is 81.5 Å². The Balaban J connectivity index is 2.48. The Kier molecular flexibility index (Phi) is 9.14. The van der Waals surface area contributed by atoms with Gasteiger partial charge in [-0.05, 0) is 37.7 Å². The molecule has 0 aliphatic heterocycles. The van der Waals surface area contributed by atoms with Gasteiger partial charge in [0.2, 0.25) is 0 Å². The maximum atomic E-state index is 2.51. The molecule has 1 aromatic rings. The molecule has 19 heavy (non-hydrogen) atoms. The molecule has 0 radical (unpaired) electrons. The summed E-state index contributed by atoms with van der Waals surface area (Å²) in [4.78, 5) is 0. The third-order valence-corrected chi connectivity index (χ3v) is 3.62. The molecule has 0 saturated carbocycles. The van der Waals surface area contributed by atoms with Gasteiger partial charge in [0.15, 0.2) is 0 Å². The van der Waals surface area contributed by atoms with E-state index in [1.54, 1.807) is 5.57 Å². The van der Waals surface area contributed by atoms with Gasteiger partial charge in [0.05, 0.1) is 0 Å². The summed E-state index contributed by atoms with van der Waals surface area (Å²) in [5.41, 5.74) is 3.11. The molecule has 0 amide bonds. The number of allylic oxidation sites excluding steroid dienone is 2. The van der Waals surface area contributed by atoms with E-state index in [1.165, 1.54) is 56.9 Å². The van der Waals surface area contributed by atoms with E-state index in [0.29, 0.717) is 0 Å². The fourth-order valence-electron chi connectivity index (χ4n) is 2.42. The van der Waals surface area contributed by atoms with E-state index in [0.717, 1.165) is 6.42 Å². The molecule has 0 atom stereocenters. The zero-order valence-corrected chi connectivity index (χ0v) is 12.8. The monoisotopic (exact) mass is 258 g/mol. The Morgan fingerprint density at radius 1 is 0.895 bits per heavy atom. The van der Waals surface area contributed by atoms with Crippen molar-refractivity contribution in [3.05, 3.63) is 47.5 Å². The maximum absolute atomic E-state index is 2.51. The Morgan fingerprint density at radius 3 is 2.26 bits per heavy atom. The lowest BCUT2D eigenvalue weighted by Crippen LogP contribution is -1.92. The molecule has 0 heteroatoms. The van der Waals surface area contributed by atoms with Gasteiger partial charge in [-0.25, -0.2) is 0 Å². The largest absolute Gasteiger partial charge is 0.0850 e. The second-order valence-corrected chi connectivity index (χ2v) is 5.48. The second kappa shape index (κ2) is 10.8. The topological polar surface area (TPSA) is 0 Å². The molecule has 0 spiro atoms. The van der Waals surface area contributed by atoms with E-state index < -0.39 is 0 Å². The molecule has 106 valence electrons. The summed E-state index contributed by atoms with van der Waals surface area (Å²) in [6.07, 6.45) is 14.3. The van der Waals surface area contributed by atoms with Crippen LogP contribution in [-0.2, 0) is 6.42 Å². The molecule has 0 aromatic heterocycles. The van der Waals surface area contributed by atoms with Crippen LogP contribution in [0.25, 0.3) is 0 Å². The van der Waals surface area contributed by atoms with Crippen molar-refractivity contribution in [1.82, 2.24) is 0 Å². The number of rotatable bonds is 10. The first-order valence-corrected chi connectivity index (χ1v) is 8.08. The van der Waals surface area contributed by atoms with Crippen molar-refractivity contribution in [2.75, 3.05) is 0 Å². The van der Waals surface area contributed by atoms with Gasteiger partial charge in [0.25, 0.3) is 0 Å². The minimum atomic E-state index is 1.15. The smallest absolute Gasteiger partial charge is 0.00671 e. The van der Waals surface area contributed by atoms with Crippen LogP contribution < -0.4 is 0 Å². The average molecular weight is 258 g/mol. The minimum Gasteiger partial charge on any atom is -0.0850 e. The average Bonchev–Trinajstić information content (AvgIpc) is 2.44. The molecule has 0 unspecified atom stereocenters. The lowest BCUT2D eigenvalue weighted by molar-refractivity contribution is 0.692. The van der Waals surface area contributed by atoms with Crippen LogP contribution >= 0.6 is 0 Å². The number of benzene rings is 1. The molecule has 0 nitrogen and oxygen atoms in total. The van der Waals surface area contributed by atoms with Crippen LogP contribution in [0.2, 0.25) is 0 Å². The van der Waals surface area contributed by atoms with E-state index in [9.17, 15) is 0 Å². The number of hydrogen-bond donors (Lipinski definition) is 0. The summed E-state index contributed by atoms with van der Waals surface area (Å²) in [7, 11) is 0. The van der Waals surface area contributed by atoms with Crippen molar-refractivity contribution in [3.8, 4) is 0 Å². The van der Waals surface area contributed by atoms with Gasteiger partial charge in [0, 0.05) is 0 Å². The van der Waals surface area contributed by atoms with Crippen LogP contribution in [0, 0.1) is 0 Å². The van der Waals surface area contributed by atoms with Gasteiger partial charge in [0.1, 0.15) is 0 Å². The second-order valence-electron chi connectivity index (χ2n) is 5.48. The van der Waals surface area contributed by atoms with Gasteiger partial charge in [-0.3, -0.25) is 0 Å². The van der Waals surface area contributed by atoms with Crippen LogP contribution in [0.15, 0.2) is 42.0 Å². The van der Waals surface area contributed by atoms with Crippen LogP contribution in [0.4, 0.5) is 0 Å². The Labute approximate surface area is 119 Å². The van der Waals surface area contributed by atoms with Crippen molar-refractivity contribution in [2.45, 2.75) is 71.6 Å². The summed E-state index contributed by atoms with van der Waals surface area (Å²) >= 11 is 0. The highest BCUT2D eigenvalue weighted by atomic mass is 14.1. The lowest BCUT2D eigenvalue weighted by atomic mass is 9.98. The first-order chi connectivity index (χ1) is 9.36. The van der Waals surface area contributed by atoms with Crippen LogP contribution in [-0.4, -0.2) is 0 Å². The SMILES string of the molecule is CCCCC/C=C(\CCCCC)Cc1ccccc1. The molecule has 0 aliphatic rings. The van der Waals surface area contributed by atoms with Crippen molar-refractivity contribution in [3.63, 3.8) is 0 Å². The summed E-state index contributed by atoms with van der Waals surface area (Å²) < 4.78 is 0. The fourth-order valence-corrected chi connectivity index (χ4v) is 2.42. The summed E-state index contributed by atoms with van der Waals surface area (Å²) in [5, 5.41) is 0. The third-order valence-electron chi connectivity index (χ3n) is 3.62. The number of unbranched alkanes of at least 4 members (excludes halogenated alkanes) is 5. The first-order valence-electron chi connectivity index (χ1n) is 8.08. The van der Waals surface area contributed by atoms with Crippen LogP contribution in [0.3, 0.4) is 0 Å².